The molecule has 0 spiro atoms. The van der Waals surface area contributed by atoms with E-state index in [2.05, 4.69) is 4.98 Å². The number of carbonyl (C=O) groups is 2. The maximum Gasteiger partial charge on any atom is 0.266 e. The number of nitrogen functional groups attached to an aromatic ring is 1. The lowest BCUT2D eigenvalue weighted by Gasteiger charge is -2.15. The molecule has 0 aliphatic carbocycles. The number of nitrogens with zero attached hydrogens (tertiary/aromatic N) is 2. The molecule has 1 aromatic carbocycles. The number of benzene rings is 1. The van der Waals surface area contributed by atoms with Crippen LogP contribution in [0.15, 0.2) is 42.6 Å². The van der Waals surface area contributed by atoms with Crippen molar-refractivity contribution >= 4 is 11.8 Å². The fraction of sp³-hybridized carbons (Fsp3) is 0.133. The Hall–Kier alpha value is -2.73. The van der Waals surface area contributed by atoms with Gasteiger partial charge in [-0.05, 0) is 23.8 Å². The summed E-state index contributed by atoms with van der Waals surface area (Å²) in [5, 5.41) is 0. The highest BCUT2D eigenvalue weighted by Gasteiger charge is 2.26. The molecule has 0 unspecified atom stereocenters. The van der Waals surface area contributed by atoms with Crippen LogP contribution in [0.4, 0.5) is 0 Å². The van der Waals surface area contributed by atoms with Crippen LogP contribution in [0.1, 0.15) is 32.0 Å². The second kappa shape index (κ2) is 5.34. The third-order valence-electron chi connectivity index (χ3n) is 3.47. The van der Waals surface area contributed by atoms with Crippen molar-refractivity contribution in [3.63, 3.8) is 0 Å². The van der Waals surface area contributed by atoms with Crippen LogP contribution in [-0.4, -0.2) is 21.7 Å². The molecule has 1 aliphatic rings. The molecule has 0 radical (unpaired) electrons. The molecule has 3 rings (SSSR count). The van der Waals surface area contributed by atoms with Gasteiger partial charge < -0.3 is 4.90 Å². The third-order valence-corrected chi connectivity index (χ3v) is 3.47. The van der Waals surface area contributed by atoms with E-state index in [1.54, 1.807) is 17.0 Å². The number of pyridine rings is 1. The number of fused-ring (bicyclic) bond motifs is 1. The zero-order valence-corrected chi connectivity index (χ0v) is 11.2. The largest absolute Gasteiger partial charge is 0.328 e. The Morgan fingerprint density at radius 1 is 1.29 bits per heavy atom. The van der Waals surface area contributed by atoms with Gasteiger partial charge in [0.25, 0.3) is 11.8 Å². The first-order valence-corrected chi connectivity index (χ1v) is 6.52. The normalized spacial score (nSPS) is 13.2. The molecule has 1 aromatic heterocycles. The minimum absolute atomic E-state index is 0.0103. The van der Waals surface area contributed by atoms with Crippen molar-refractivity contribution in [1.82, 2.24) is 15.3 Å². The first kappa shape index (κ1) is 13.3. The van der Waals surface area contributed by atoms with Crippen molar-refractivity contribution in [3.05, 3.63) is 65.0 Å². The molecule has 1 aliphatic heterocycles. The first-order valence-electron chi connectivity index (χ1n) is 6.52. The fourth-order valence-electron chi connectivity index (χ4n) is 2.37. The molecule has 2 amide bonds. The summed E-state index contributed by atoms with van der Waals surface area (Å²) in [6, 6.07) is 10.9. The third kappa shape index (κ3) is 2.48. The van der Waals surface area contributed by atoms with E-state index in [1.807, 2.05) is 29.7 Å². The summed E-state index contributed by atoms with van der Waals surface area (Å²) in [6.07, 6.45) is 1.45. The Bertz CT molecular complexity index is 697. The zero-order valence-electron chi connectivity index (χ0n) is 11.2. The number of carbonyl (C=O) groups excluding carboxylic acids is 2. The fourth-order valence-corrected chi connectivity index (χ4v) is 2.37. The van der Waals surface area contributed by atoms with Gasteiger partial charge in [-0.15, -0.1) is 0 Å². The standard InChI is InChI=1S/C15H14N4O2/c16-18-14(20)10-5-6-12(17-7-10)9-19-8-11-3-1-2-4-13(11)15(19)21/h1-7H,8-9,16H2,(H,18,20). The Morgan fingerprint density at radius 2 is 2.10 bits per heavy atom. The highest BCUT2D eigenvalue weighted by Crippen LogP contribution is 2.23. The lowest BCUT2D eigenvalue weighted by atomic mass is 10.1. The van der Waals surface area contributed by atoms with Gasteiger partial charge in [0.1, 0.15) is 0 Å². The SMILES string of the molecule is NNC(=O)c1ccc(CN2Cc3ccccc3C2=O)nc1. The van der Waals surface area contributed by atoms with E-state index in [0.717, 1.165) is 16.8 Å². The Labute approximate surface area is 121 Å². The number of hydrogen-bond donors (Lipinski definition) is 2. The zero-order chi connectivity index (χ0) is 14.8. The molecule has 0 saturated carbocycles. The van der Waals surface area contributed by atoms with E-state index in [9.17, 15) is 9.59 Å². The summed E-state index contributed by atoms with van der Waals surface area (Å²) in [7, 11) is 0. The van der Waals surface area contributed by atoms with Gasteiger partial charge in [-0.2, -0.15) is 0 Å². The molecule has 3 N–H and O–H groups in total. The van der Waals surface area contributed by atoms with Crippen LogP contribution in [0.5, 0.6) is 0 Å². The van der Waals surface area contributed by atoms with Crippen molar-refractivity contribution in [2.45, 2.75) is 13.1 Å². The van der Waals surface area contributed by atoms with Crippen LogP contribution >= 0.6 is 0 Å². The van der Waals surface area contributed by atoms with Gasteiger partial charge in [-0.3, -0.25) is 20.0 Å². The van der Waals surface area contributed by atoms with Gasteiger partial charge in [0, 0.05) is 18.3 Å². The van der Waals surface area contributed by atoms with Crippen LogP contribution in [0.3, 0.4) is 0 Å². The predicted octanol–water partition coefficient (Wildman–Crippen LogP) is 0.841. The minimum Gasteiger partial charge on any atom is -0.328 e. The van der Waals surface area contributed by atoms with Crippen LogP contribution in [0.25, 0.3) is 0 Å². The quantitative estimate of drug-likeness (QED) is 0.496. The summed E-state index contributed by atoms with van der Waals surface area (Å²) >= 11 is 0. The number of hydrogen-bond acceptors (Lipinski definition) is 4. The van der Waals surface area contributed by atoms with E-state index in [0.29, 0.717) is 18.7 Å². The summed E-state index contributed by atoms with van der Waals surface area (Å²) in [4.78, 5) is 29.5. The van der Waals surface area contributed by atoms with Crippen molar-refractivity contribution in [2.75, 3.05) is 0 Å². The molecule has 0 fully saturated rings. The van der Waals surface area contributed by atoms with E-state index in [4.69, 9.17) is 5.84 Å². The average molecular weight is 282 g/mol. The summed E-state index contributed by atoms with van der Waals surface area (Å²) in [5.74, 6) is 4.68. The van der Waals surface area contributed by atoms with Gasteiger partial charge in [0.05, 0.1) is 17.8 Å². The minimum atomic E-state index is -0.390. The van der Waals surface area contributed by atoms with Gasteiger partial charge in [-0.25, -0.2) is 5.84 Å². The molecule has 6 heteroatoms. The molecular formula is C15H14N4O2. The average Bonchev–Trinajstić information content (AvgIpc) is 2.84. The molecule has 21 heavy (non-hydrogen) atoms. The number of aromatic nitrogens is 1. The van der Waals surface area contributed by atoms with Crippen LogP contribution < -0.4 is 11.3 Å². The number of hydrazine groups is 1. The molecule has 6 nitrogen and oxygen atoms in total. The molecule has 106 valence electrons. The monoisotopic (exact) mass is 282 g/mol. The molecule has 2 heterocycles. The van der Waals surface area contributed by atoms with Gasteiger partial charge in [-0.1, -0.05) is 18.2 Å². The lowest BCUT2D eigenvalue weighted by molar-refractivity contribution is 0.0764. The van der Waals surface area contributed by atoms with E-state index < -0.39 is 5.91 Å². The lowest BCUT2D eigenvalue weighted by Crippen LogP contribution is -2.30. The smallest absolute Gasteiger partial charge is 0.266 e. The second-order valence-corrected chi connectivity index (χ2v) is 4.83. The number of nitrogens with one attached hydrogen (secondary N) is 1. The number of nitrogens with two attached hydrogens (primary N) is 1. The predicted molar refractivity (Wildman–Crippen MR) is 75.9 cm³/mol. The van der Waals surface area contributed by atoms with Crippen LogP contribution in [0, 0.1) is 0 Å². The summed E-state index contributed by atoms with van der Waals surface area (Å²) in [6.45, 7) is 1.000. The van der Waals surface area contributed by atoms with Gasteiger partial charge in [0.2, 0.25) is 0 Å². The van der Waals surface area contributed by atoms with Crippen LogP contribution in [-0.2, 0) is 13.1 Å². The number of rotatable bonds is 3. The van der Waals surface area contributed by atoms with Gasteiger partial charge >= 0.3 is 0 Å². The van der Waals surface area contributed by atoms with E-state index in [-0.39, 0.29) is 5.91 Å². The Balaban J connectivity index is 1.74. The first-order chi connectivity index (χ1) is 10.2. The van der Waals surface area contributed by atoms with Gasteiger partial charge in [0.15, 0.2) is 0 Å². The van der Waals surface area contributed by atoms with Crippen molar-refractivity contribution in [1.29, 1.82) is 0 Å². The van der Waals surface area contributed by atoms with Crippen molar-refractivity contribution in [2.24, 2.45) is 5.84 Å². The summed E-state index contributed by atoms with van der Waals surface area (Å²) < 4.78 is 0. The number of amides is 2. The molecule has 2 aromatic rings. The van der Waals surface area contributed by atoms with Crippen molar-refractivity contribution < 1.29 is 9.59 Å². The maximum absolute atomic E-state index is 12.2. The second-order valence-electron chi connectivity index (χ2n) is 4.83. The Kier molecular flexibility index (Phi) is 3.37. The highest BCUT2D eigenvalue weighted by molar-refractivity contribution is 5.98. The summed E-state index contributed by atoms with van der Waals surface area (Å²) in [5.41, 5.74) is 4.94. The molecule has 0 saturated heterocycles. The highest BCUT2D eigenvalue weighted by atomic mass is 16.2. The molecule has 0 bridgehead atoms. The molecule has 0 atom stereocenters. The molecular weight excluding hydrogens is 268 g/mol. The maximum atomic E-state index is 12.2. The van der Waals surface area contributed by atoms with Crippen LogP contribution in [0.2, 0.25) is 0 Å². The van der Waals surface area contributed by atoms with E-state index in [1.165, 1.54) is 6.20 Å². The van der Waals surface area contributed by atoms with Crippen molar-refractivity contribution in [3.8, 4) is 0 Å². The Morgan fingerprint density at radius 3 is 2.76 bits per heavy atom. The van der Waals surface area contributed by atoms with E-state index >= 15 is 0 Å². The topological polar surface area (TPSA) is 88.3 Å².